The van der Waals surface area contributed by atoms with Crippen LogP contribution in [0.2, 0.25) is 0 Å². The lowest BCUT2D eigenvalue weighted by molar-refractivity contribution is 0.0600. The number of hydrogen-bond donors (Lipinski definition) is 2. The van der Waals surface area contributed by atoms with Crippen molar-refractivity contribution in [1.82, 2.24) is 5.32 Å². The molecule has 4 nitrogen and oxygen atoms in total. The number of aliphatic hydroxyl groups excluding tert-OH is 1. The Bertz CT molecular complexity index is 688. The summed E-state index contributed by atoms with van der Waals surface area (Å²) in [5, 5.41) is 13.0. The fourth-order valence-corrected chi connectivity index (χ4v) is 2.94. The van der Waals surface area contributed by atoms with Crippen LogP contribution in [0.25, 0.3) is 0 Å². The molecule has 0 aliphatic carbocycles. The van der Waals surface area contributed by atoms with Crippen molar-refractivity contribution in [1.29, 1.82) is 0 Å². The van der Waals surface area contributed by atoms with Crippen LogP contribution in [0.3, 0.4) is 0 Å². The largest absolute Gasteiger partial charge is 0.465 e. The van der Waals surface area contributed by atoms with Gasteiger partial charge in [0.05, 0.1) is 25.3 Å². The number of nitrogens with one attached hydrogen (secondary N) is 1. The Morgan fingerprint density at radius 2 is 2.04 bits per heavy atom. The molecular weight excluding hydrogens is 358 g/mol. The van der Waals surface area contributed by atoms with Gasteiger partial charge in [-0.2, -0.15) is 0 Å². The maximum Gasteiger partial charge on any atom is 0.337 e. The molecular formula is C18H20BrNO3. The number of aliphatic hydroxyl groups is 1. The second-order valence-corrected chi connectivity index (χ2v) is 6.12. The quantitative estimate of drug-likeness (QED) is 0.757. The van der Waals surface area contributed by atoms with Gasteiger partial charge in [0, 0.05) is 11.0 Å². The lowest BCUT2D eigenvalue weighted by Gasteiger charge is -2.19. The van der Waals surface area contributed by atoms with Gasteiger partial charge in [0.15, 0.2) is 0 Å². The van der Waals surface area contributed by atoms with E-state index in [2.05, 4.69) is 21.2 Å². The highest BCUT2D eigenvalue weighted by Crippen LogP contribution is 2.22. The van der Waals surface area contributed by atoms with E-state index in [9.17, 15) is 9.90 Å². The number of aryl methyl sites for hydroxylation is 1. The third-order valence-corrected chi connectivity index (χ3v) is 4.50. The summed E-state index contributed by atoms with van der Waals surface area (Å²) in [4.78, 5) is 11.5. The van der Waals surface area contributed by atoms with Crippen LogP contribution in [-0.2, 0) is 11.3 Å². The number of carbonyl (C=O) groups excluding carboxylic acids is 1. The van der Waals surface area contributed by atoms with Crippen molar-refractivity contribution in [2.24, 2.45) is 0 Å². The Balaban J connectivity index is 2.10. The SMILES string of the molecule is COC(=O)c1ccc(CNC(CO)c2ccccc2C)c(Br)c1. The number of rotatable bonds is 6. The highest BCUT2D eigenvalue weighted by molar-refractivity contribution is 9.10. The predicted molar refractivity (Wildman–Crippen MR) is 93.3 cm³/mol. The van der Waals surface area contributed by atoms with Gasteiger partial charge in [-0.3, -0.25) is 0 Å². The van der Waals surface area contributed by atoms with Gasteiger partial charge < -0.3 is 15.2 Å². The summed E-state index contributed by atoms with van der Waals surface area (Å²) in [6, 6.07) is 13.2. The smallest absolute Gasteiger partial charge is 0.337 e. The van der Waals surface area contributed by atoms with Gasteiger partial charge in [-0.05, 0) is 35.7 Å². The first-order chi connectivity index (χ1) is 11.1. The van der Waals surface area contributed by atoms with Crippen LogP contribution < -0.4 is 5.32 Å². The molecule has 5 heteroatoms. The molecule has 0 saturated heterocycles. The highest BCUT2D eigenvalue weighted by atomic mass is 79.9. The van der Waals surface area contributed by atoms with E-state index in [0.717, 1.165) is 21.2 Å². The molecule has 0 aliphatic rings. The minimum Gasteiger partial charge on any atom is -0.465 e. The van der Waals surface area contributed by atoms with Crippen molar-refractivity contribution in [3.05, 3.63) is 69.2 Å². The maximum absolute atomic E-state index is 11.5. The number of esters is 1. The fourth-order valence-electron chi connectivity index (χ4n) is 2.42. The minimum absolute atomic E-state index is 0.0166. The van der Waals surface area contributed by atoms with Crippen LogP contribution >= 0.6 is 15.9 Å². The second-order valence-electron chi connectivity index (χ2n) is 5.27. The molecule has 122 valence electrons. The zero-order chi connectivity index (χ0) is 16.8. The molecule has 1 atom stereocenters. The van der Waals surface area contributed by atoms with Gasteiger partial charge in [-0.25, -0.2) is 4.79 Å². The molecule has 0 amide bonds. The van der Waals surface area contributed by atoms with E-state index >= 15 is 0 Å². The van der Waals surface area contributed by atoms with Crippen molar-refractivity contribution in [3.8, 4) is 0 Å². The van der Waals surface area contributed by atoms with Crippen molar-refractivity contribution >= 4 is 21.9 Å². The maximum atomic E-state index is 11.5. The van der Waals surface area contributed by atoms with E-state index in [1.54, 1.807) is 12.1 Å². The number of carbonyl (C=O) groups is 1. The molecule has 0 bridgehead atoms. The van der Waals surface area contributed by atoms with E-state index < -0.39 is 0 Å². The molecule has 2 aromatic rings. The number of ether oxygens (including phenoxy) is 1. The van der Waals surface area contributed by atoms with Gasteiger partial charge in [0.25, 0.3) is 0 Å². The third kappa shape index (κ3) is 4.41. The van der Waals surface area contributed by atoms with Crippen LogP contribution in [0.15, 0.2) is 46.9 Å². The van der Waals surface area contributed by atoms with Crippen LogP contribution in [0.4, 0.5) is 0 Å². The molecule has 0 heterocycles. The Morgan fingerprint density at radius 3 is 2.65 bits per heavy atom. The van der Waals surface area contributed by atoms with E-state index in [4.69, 9.17) is 4.74 Å². The van der Waals surface area contributed by atoms with Gasteiger partial charge in [-0.15, -0.1) is 0 Å². The summed E-state index contributed by atoms with van der Waals surface area (Å²) in [5.41, 5.74) is 3.72. The summed E-state index contributed by atoms with van der Waals surface area (Å²) in [5.74, 6) is -0.363. The lowest BCUT2D eigenvalue weighted by atomic mass is 10.0. The lowest BCUT2D eigenvalue weighted by Crippen LogP contribution is -2.25. The summed E-state index contributed by atoms with van der Waals surface area (Å²) < 4.78 is 5.54. The number of benzene rings is 2. The molecule has 0 radical (unpaired) electrons. The fraction of sp³-hybridized carbons (Fsp3) is 0.278. The Kier molecular flexibility index (Phi) is 6.33. The van der Waals surface area contributed by atoms with E-state index in [0.29, 0.717) is 12.1 Å². The molecule has 23 heavy (non-hydrogen) atoms. The van der Waals surface area contributed by atoms with Crippen molar-refractivity contribution < 1.29 is 14.6 Å². The first-order valence-corrected chi connectivity index (χ1v) is 8.12. The molecule has 0 saturated carbocycles. The topological polar surface area (TPSA) is 58.6 Å². The first-order valence-electron chi connectivity index (χ1n) is 7.33. The van der Waals surface area contributed by atoms with Gasteiger partial charge in [0.1, 0.15) is 0 Å². The summed E-state index contributed by atoms with van der Waals surface area (Å²) in [6.45, 7) is 2.62. The number of hydrogen-bond acceptors (Lipinski definition) is 4. The molecule has 1 unspecified atom stereocenters. The average molecular weight is 378 g/mol. The summed E-state index contributed by atoms with van der Waals surface area (Å²) in [6.07, 6.45) is 0. The standard InChI is InChI=1S/C18H20BrNO3/c1-12-5-3-4-6-15(12)17(11-21)20-10-14-8-7-13(9-16(14)19)18(22)23-2/h3-9,17,20-21H,10-11H2,1-2H3. The third-order valence-electron chi connectivity index (χ3n) is 3.76. The second kappa shape index (κ2) is 8.24. The van der Waals surface area contributed by atoms with Crippen molar-refractivity contribution in [3.63, 3.8) is 0 Å². The minimum atomic E-state index is -0.363. The van der Waals surface area contributed by atoms with E-state index in [1.807, 2.05) is 37.3 Å². The van der Waals surface area contributed by atoms with Crippen LogP contribution in [0.1, 0.15) is 33.1 Å². The highest BCUT2D eigenvalue weighted by Gasteiger charge is 2.13. The Morgan fingerprint density at radius 1 is 1.30 bits per heavy atom. The van der Waals surface area contributed by atoms with Crippen LogP contribution in [0.5, 0.6) is 0 Å². The van der Waals surface area contributed by atoms with E-state index in [1.165, 1.54) is 7.11 Å². The normalized spacial score (nSPS) is 12.0. The average Bonchev–Trinajstić information content (AvgIpc) is 2.57. The molecule has 2 rings (SSSR count). The monoisotopic (exact) mass is 377 g/mol. The molecule has 2 aromatic carbocycles. The first kappa shape index (κ1) is 17.7. The van der Waals surface area contributed by atoms with Crippen molar-refractivity contribution in [2.75, 3.05) is 13.7 Å². The summed E-state index contributed by atoms with van der Waals surface area (Å²) in [7, 11) is 1.36. The Labute approximate surface area is 144 Å². The Hall–Kier alpha value is -1.69. The van der Waals surface area contributed by atoms with E-state index in [-0.39, 0.29) is 18.6 Å². The van der Waals surface area contributed by atoms with Gasteiger partial charge in [0.2, 0.25) is 0 Å². The van der Waals surface area contributed by atoms with Crippen LogP contribution in [0, 0.1) is 6.92 Å². The number of methoxy groups -OCH3 is 1. The van der Waals surface area contributed by atoms with Gasteiger partial charge in [-0.1, -0.05) is 46.3 Å². The zero-order valence-electron chi connectivity index (χ0n) is 13.2. The number of halogens is 1. The molecule has 0 fully saturated rings. The predicted octanol–water partition coefficient (Wildman–Crippen LogP) is 3.37. The van der Waals surface area contributed by atoms with Gasteiger partial charge >= 0.3 is 5.97 Å². The van der Waals surface area contributed by atoms with Crippen LogP contribution in [-0.4, -0.2) is 24.8 Å². The molecule has 0 spiro atoms. The summed E-state index contributed by atoms with van der Waals surface area (Å²) >= 11 is 3.48. The molecule has 0 aromatic heterocycles. The zero-order valence-corrected chi connectivity index (χ0v) is 14.8. The molecule has 2 N–H and O–H groups in total. The van der Waals surface area contributed by atoms with Crippen molar-refractivity contribution in [2.45, 2.75) is 19.5 Å². The molecule has 0 aliphatic heterocycles.